The van der Waals surface area contributed by atoms with Crippen LogP contribution in [0.1, 0.15) is 18.9 Å². The van der Waals surface area contributed by atoms with Crippen LogP contribution in [0.15, 0.2) is 30.1 Å². The molecule has 3 heteroatoms. The average Bonchev–Trinajstić information content (AvgIpc) is 2.32. The normalized spacial score (nSPS) is 16.1. The molecule has 0 radical (unpaired) electrons. The number of pyridine rings is 1. The van der Waals surface area contributed by atoms with Crippen molar-refractivity contribution in [2.75, 3.05) is 25.0 Å². The second-order valence-electron chi connectivity index (χ2n) is 4.28. The number of nitrogens with zero attached hydrogens (tertiary/aromatic N) is 2. The number of nitrogens with one attached hydrogen (secondary N) is 1. The topological polar surface area (TPSA) is 28.2 Å². The maximum absolute atomic E-state index is 4.23. The van der Waals surface area contributed by atoms with E-state index in [0.29, 0.717) is 0 Å². The smallest absolute Gasteiger partial charge is 0.0601 e. The highest BCUT2D eigenvalue weighted by Crippen LogP contribution is 2.22. The molecule has 0 aromatic carbocycles. The third kappa shape index (κ3) is 2.42. The van der Waals surface area contributed by atoms with Gasteiger partial charge in [0.15, 0.2) is 0 Å². The summed E-state index contributed by atoms with van der Waals surface area (Å²) in [6, 6.07) is 2.09. The van der Waals surface area contributed by atoms with Crippen molar-refractivity contribution in [2.45, 2.75) is 19.9 Å². The Morgan fingerprint density at radius 2 is 2.38 bits per heavy atom. The van der Waals surface area contributed by atoms with Gasteiger partial charge < -0.3 is 10.2 Å². The highest BCUT2D eigenvalue weighted by molar-refractivity contribution is 5.53. The van der Waals surface area contributed by atoms with Crippen LogP contribution in [0, 0.1) is 0 Å². The number of rotatable bonds is 3. The Morgan fingerprint density at radius 3 is 3.06 bits per heavy atom. The molecule has 0 amide bonds. The molecule has 0 fully saturated rings. The first-order valence-electron chi connectivity index (χ1n) is 5.79. The minimum Gasteiger partial charge on any atom is -0.366 e. The maximum atomic E-state index is 4.23. The Morgan fingerprint density at radius 1 is 1.50 bits per heavy atom. The molecule has 0 atom stereocenters. The standard InChI is InChI=1S/C13H19N3/c1-11-4-7-16(8-5-11)13-10-15-6-3-12(13)9-14-2/h3-4,6,10,14H,5,7-9H2,1-2H3. The van der Waals surface area contributed by atoms with Gasteiger partial charge in [-0.05, 0) is 32.0 Å². The number of hydrogen-bond acceptors (Lipinski definition) is 3. The van der Waals surface area contributed by atoms with E-state index in [-0.39, 0.29) is 0 Å². The van der Waals surface area contributed by atoms with Crippen LogP contribution < -0.4 is 10.2 Å². The second-order valence-corrected chi connectivity index (χ2v) is 4.28. The Kier molecular flexibility index (Phi) is 3.57. The van der Waals surface area contributed by atoms with E-state index in [1.54, 1.807) is 0 Å². The first-order chi connectivity index (χ1) is 7.81. The maximum Gasteiger partial charge on any atom is 0.0601 e. The van der Waals surface area contributed by atoms with E-state index >= 15 is 0 Å². The summed E-state index contributed by atoms with van der Waals surface area (Å²) in [5.41, 5.74) is 4.08. The van der Waals surface area contributed by atoms with Gasteiger partial charge in [0.25, 0.3) is 0 Å². The molecule has 86 valence electrons. The highest BCUT2D eigenvalue weighted by atomic mass is 15.1. The van der Waals surface area contributed by atoms with E-state index in [1.807, 2.05) is 19.4 Å². The molecule has 1 aromatic rings. The second kappa shape index (κ2) is 5.12. The third-order valence-electron chi connectivity index (χ3n) is 3.03. The number of anilines is 1. The SMILES string of the molecule is CNCc1ccncc1N1CC=C(C)CC1. The summed E-state index contributed by atoms with van der Waals surface area (Å²) in [7, 11) is 1.98. The van der Waals surface area contributed by atoms with Gasteiger partial charge in [-0.25, -0.2) is 0 Å². The lowest BCUT2D eigenvalue weighted by Crippen LogP contribution is -2.29. The van der Waals surface area contributed by atoms with E-state index in [9.17, 15) is 0 Å². The van der Waals surface area contributed by atoms with Gasteiger partial charge in [-0.1, -0.05) is 11.6 Å². The summed E-state index contributed by atoms with van der Waals surface area (Å²) >= 11 is 0. The third-order valence-corrected chi connectivity index (χ3v) is 3.03. The summed E-state index contributed by atoms with van der Waals surface area (Å²) in [6.07, 6.45) is 7.30. The molecule has 0 spiro atoms. The predicted octanol–water partition coefficient (Wildman–Crippen LogP) is 1.96. The molecule has 16 heavy (non-hydrogen) atoms. The minimum absolute atomic E-state index is 0.900. The zero-order chi connectivity index (χ0) is 11.4. The fourth-order valence-electron chi connectivity index (χ4n) is 2.03. The van der Waals surface area contributed by atoms with Crippen LogP contribution in [0.5, 0.6) is 0 Å². The molecule has 1 aromatic heterocycles. The summed E-state index contributed by atoms with van der Waals surface area (Å²) in [4.78, 5) is 6.63. The van der Waals surface area contributed by atoms with Crippen molar-refractivity contribution in [2.24, 2.45) is 0 Å². The lowest BCUT2D eigenvalue weighted by atomic mass is 10.1. The Hall–Kier alpha value is -1.35. The van der Waals surface area contributed by atoms with Gasteiger partial charge in [-0.2, -0.15) is 0 Å². The lowest BCUT2D eigenvalue weighted by molar-refractivity contribution is 0.762. The highest BCUT2D eigenvalue weighted by Gasteiger charge is 2.13. The van der Waals surface area contributed by atoms with Crippen LogP contribution in [-0.4, -0.2) is 25.1 Å². The summed E-state index contributed by atoms with van der Waals surface area (Å²) in [6.45, 7) is 5.21. The van der Waals surface area contributed by atoms with E-state index in [2.05, 4.69) is 34.3 Å². The van der Waals surface area contributed by atoms with Crippen LogP contribution in [0.4, 0.5) is 5.69 Å². The Labute approximate surface area is 97.2 Å². The monoisotopic (exact) mass is 217 g/mol. The summed E-state index contributed by atoms with van der Waals surface area (Å²) in [5.74, 6) is 0. The summed E-state index contributed by atoms with van der Waals surface area (Å²) < 4.78 is 0. The summed E-state index contributed by atoms with van der Waals surface area (Å²) in [5, 5.41) is 3.20. The molecule has 0 unspecified atom stereocenters. The molecule has 2 rings (SSSR count). The van der Waals surface area contributed by atoms with E-state index in [4.69, 9.17) is 0 Å². The molecule has 1 N–H and O–H groups in total. The molecule has 2 heterocycles. The molecule has 3 nitrogen and oxygen atoms in total. The van der Waals surface area contributed by atoms with Gasteiger partial charge in [-0.3, -0.25) is 4.98 Å². The predicted molar refractivity (Wildman–Crippen MR) is 67.6 cm³/mol. The molecule has 0 bridgehead atoms. The average molecular weight is 217 g/mol. The Bertz CT molecular complexity index is 385. The first kappa shape index (κ1) is 11.1. The zero-order valence-electron chi connectivity index (χ0n) is 10.0. The van der Waals surface area contributed by atoms with Crippen LogP contribution in [0.2, 0.25) is 0 Å². The van der Waals surface area contributed by atoms with Gasteiger partial charge in [0, 0.05) is 25.8 Å². The van der Waals surface area contributed by atoms with Gasteiger partial charge in [0.05, 0.1) is 11.9 Å². The van der Waals surface area contributed by atoms with Gasteiger partial charge in [0.1, 0.15) is 0 Å². The van der Waals surface area contributed by atoms with Gasteiger partial charge in [0.2, 0.25) is 0 Å². The fourth-order valence-corrected chi connectivity index (χ4v) is 2.03. The van der Waals surface area contributed by atoms with Crippen molar-refractivity contribution in [3.8, 4) is 0 Å². The van der Waals surface area contributed by atoms with E-state index in [0.717, 1.165) is 26.1 Å². The van der Waals surface area contributed by atoms with Crippen LogP contribution >= 0.6 is 0 Å². The van der Waals surface area contributed by atoms with E-state index in [1.165, 1.54) is 16.8 Å². The van der Waals surface area contributed by atoms with Crippen LogP contribution in [-0.2, 0) is 6.54 Å². The molecule has 1 aliphatic rings. The van der Waals surface area contributed by atoms with Crippen LogP contribution in [0.25, 0.3) is 0 Å². The number of aromatic nitrogens is 1. The van der Waals surface area contributed by atoms with Gasteiger partial charge >= 0.3 is 0 Å². The van der Waals surface area contributed by atoms with Crippen molar-refractivity contribution < 1.29 is 0 Å². The fraction of sp³-hybridized carbons (Fsp3) is 0.462. The Balaban J connectivity index is 2.19. The first-order valence-corrected chi connectivity index (χ1v) is 5.79. The number of hydrogen-bond donors (Lipinski definition) is 1. The largest absolute Gasteiger partial charge is 0.366 e. The molecule has 1 aliphatic heterocycles. The van der Waals surface area contributed by atoms with Crippen molar-refractivity contribution in [3.05, 3.63) is 35.7 Å². The van der Waals surface area contributed by atoms with Gasteiger partial charge in [-0.15, -0.1) is 0 Å². The van der Waals surface area contributed by atoms with Crippen molar-refractivity contribution in [3.63, 3.8) is 0 Å². The molecule has 0 saturated heterocycles. The molecular weight excluding hydrogens is 198 g/mol. The molecule has 0 saturated carbocycles. The van der Waals surface area contributed by atoms with Crippen molar-refractivity contribution >= 4 is 5.69 Å². The van der Waals surface area contributed by atoms with E-state index < -0.39 is 0 Å². The zero-order valence-corrected chi connectivity index (χ0v) is 10.0. The van der Waals surface area contributed by atoms with Crippen molar-refractivity contribution in [1.29, 1.82) is 0 Å². The molecular formula is C13H19N3. The quantitative estimate of drug-likeness (QED) is 0.784. The van der Waals surface area contributed by atoms with Crippen molar-refractivity contribution in [1.82, 2.24) is 10.3 Å². The minimum atomic E-state index is 0.900. The lowest BCUT2D eigenvalue weighted by Gasteiger charge is -2.29. The molecule has 0 aliphatic carbocycles. The van der Waals surface area contributed by atoms with Crippen LogP contribution in [0.3, 0.4) is 0 Å².